The summed E-state index contributed by atoms with van der Waals surface area (Å²) in [6, 6.07) is 10.2. The molecule has 3 aromatic rings. The average molecular weight is 361 g/mol. The van der Waals surface area contributed by atoms with Gasteiger partial charge in [-0.3, -0.25) is 25.0 Å². The molecule has 0 radical (unpaired) electrons. The second-order valence-electron chi connectivity index (χ2n) is 4.59. The van der Waals surface area contributed by atoms with E-state index in [1.807, 2.05) is 18.2 Å². The van der Waals surface area contributed by atoms with Gasteiger partial charge in [0.1, 0.15) is 0 Å². The predicted octanol–water partition coefficient (Wildman–Crippen LogP) is 4.05. The van der Waals surface area contributed by atoms with Crippen molar-refractivity contribution in [2.75, 3.05) is 0 Å². The molecule has 1 heterocycles. The summed E-state index contributed by atoms with van der Waals surface area (Å²) < 4.78 is 1.37. The molecular formula is C14H7N3O5S2. The van der Waals surface area contributed by atoms with Gasteiger partial charge in [-0.25, -0.2) is 4.98 Å². The number of para-hydroxylation sites is 1. The normalized spacial score (nSPS) is 10.7. The number of benzene rings is 2. The third kappa shape index (κ3) is 3.24. The Balaban J connectivity index is 1.94. The summed E-state index contributed by atoms with van der Waals surface area (Å²) in [5, 5.41) is 21.2. The van der Waals surface area contributed by atoms with Crippen molar-refractivity contribution in [1.82, 2.24) is 4.98 Å². The van der Waals surface area contributed by atoms with Crippen molar-refractivity contribution < 1.29 is 14.6 Å². The number of aromatic nitrogens is 1. The Morgan fingerprint density at radius 3 is 2.25 bits per heavy atom. The fourth-order valence-electron chi connectivity index (χ4n) is 1.96. The number of hydrogen-bond acceptors (Lipinski definition) is 8. The number of carbonyl (C=O) groups is 1. The van der Waals surface area contributed by atoms with Gasteiger partial charge < -0.3 is 0 Å². The molecule has 0 spiro atoms. The van der Waals surface area contributed by atoms with Gasteiger partial charge in [0.25, 0.3) is 11.4 Å². The van der Waals surface area contributed by atoms with Crippen LogP contribution in [0.15, 0.2) is 46.8 Å². The largest absolute Gasteiger partial charge is 0.281 e. The van der Waals surface area contributed by atoms with Crippen molar-refractivity contribution in [2.45, 2.75) is 4.34 Å². The van der Waals surface area contributed by atoms with Crippen molar-refractivity contribution in [3.63, 3.8) is 0 Å². The Kier molecular flexibility index (Phi) is 4.23. The van der Waals surface area contributed by atoms with Crippen LogP contribution in [0, 0.1) is 20.2 Å². The minimum Gasteiger partial charge on any atom is -0.281 e. The summed E-state index contributed by atoms with van der Waals surface area (Å²) in [5.41, 5.74) is -0.377. The van der Waals surface area contributed by atoms with Gasteiger partial charge >= 0.3 is 0 Å². The van der Waals surface area contributed by atoms with Gasteiger partial charge in [0.15, 0.2) is 4.34 Å². The summed E-state index contributed by atoms with van der Waals surface area (Å²) in [7, 11) is 0. The van der Waals surface area contributed by atoms with E-state index in [1.165, 1.54) is 11.3 Å². The molecule has 24 heavy (non-hydrogen) atoms. The second-order valence-corrected chi connectivity index (χ2v) is 6.84. The molecule has 1 aromatic heterocycles. The number of fused-ring (bicyclic) bond motifs is 1. The number of carbonyl (C=O) groups excluding carboxylic acids is 1. The van der Waals surface area contributed by atoms with E-state index in [9.17, 15) is 25.0 Å². The minimum absolute atomic E-state index is 0.111. The SMILES string of the molecule is O=C(Sc1nc2ccccc2s1)c1cc([N+](=O)[O-])cc([N+](=O)[O-])c1. The lowest BCUT2D eigenvalue weighted by atomic mass is 10.2. The number of thioether (sulfide) groups is 1. The molecule has 0 bridgehead atoms. The first-order chi connectivity index (χ1) is 11.4. The van der Waals surface area contributed by atoms with E-state index in [0.29, 0.717) is 4.34 Å². The van der Waals surface area contributed by atoms with Crippen molar-refractivity contribution in [3.05, 3.63) is 68.3 Å². The van der Waals surface area contributed by atoms with Crippen LogP contribution in [0.5, 0.6) is 0 Å². The van der Waals surface area contributed by atoms with E-state index >= 15 is 0 Å². The highest BCUT2D eigenvalue weighted by Gasteiger charge is 2.21. The Labute approximate surface area is 142 Å². The van der Waals surface area contributed by atoms with Crippen molar-refractivity contribution in [3.8, 4) is 0 Å². The first kappa shape index (κ1) is 16.0. The topological polar surface area (TPSA) is 116 Å². The number of hydrogen-bond donors (Lipinski definition) is 0. The van der Waals surface area contributed by atoms with E-state index in [0.717, 1.165) is 40.2 Å². The molecule has 0 fully saturated rings. The van der Waals surface area contributed by atoms with Crippen LogP contribution >= 0.6 is 23.1 Å². The Morgan fingerprint density at radius 2 is 1.67 bits per heavy atom. The Morgan fingerprint density at radius 1 is 1.04 bits per heavy atom. The van der Waals surface area contributed by atoms with Gasteiger partial charge in [-0.1, -0.05) is 12.1 Å². The zero-order chi connectivity index (χ0) is 17.3. The maximum atomic E-state index is 12.3. The smallest absolute Gasteiger partial charge is 0.277 e. The lowest BCUT2D eigenvalue weighted by Gasteiger charge is -1.99. The lowest BCUT2D eigenvalue weighted by molar-refractivity contribution is -0.394. The van der Waals surface area contributed by atoms with Crippen LogP contribution in [0.1, 0.15) is 10.4 Å². The van der Waals surface area contributed by atoms with Crippen molar-refractivity contribution >= 4 is 49.8 Å². The molecule has 0 atom stereocenters. The molecule has 0 aliphatic carbocycles. The molecule has 0 aliphatic heterocycles. The molecular weight excluding hydrogens is 354 g/mol. The lowest BCUT2D eigenvalue weighted by Crippen LogP contribution is -1.99. The predicted molar refractivity (Wildman–Crippen MR) is 89.6 cm³/mol. The molecule has 10 heteroatoms. The number of rotatable bonds is 4. The molecule has 2 aromatic carbocycles. The minimum atomic E-state index is -0.772. The number of nitro groups is 2. The summed E-state index contributed by atoms with van der Waals surface area (Å²) in [6.07, 6.45) is 0. The first-order valence-corrected chi connectivity index (χ1v) is 8.09. The number of nitro benzene ring substituents is 2. The van der Waals surface area contributed by atoms with Crippen LogP contribution in [0.2, 0.25) is 0 Å². The standard InChI is InChI=1S/C14H7N3O5S2/c18-13(24-14-15-11-3-1-2-4-12(11)23-14)8-5-9(16(19)20)7-10(6-8)17(21)22/h1-7H. The molecule has 0 amide bonds. The fraction of sp³-hybridized carbons (Fsp3) is 0. The highest BCUT2D eigenvalue weighted by Crippen LogP contribution is 2.33. The van der Waals surface area contributed by atoms with Crippen LogP contribution in [0.4, 0.5) is 11.4 Å². The summed E-state index contributed by atoms with van der Waals surface area (Å²) in [6.45, 7) is 0. The average Bonchev–Trinajstić information content (AvgIpc) is 2.96. The number of non-ortho nitro benzene ring substituents is 2. The van der Waals surface area contributed by atoms with E-state index in [2.05, 4.69) is 4.98 Å². The van der Waals surface area contributed by atoms with Gasteiger partial charge in [0.05, 0.1) is 26.1 Å². The number of nitrogens with zero attached hydrogens (tertiary/aromatic N) is 3. The molecule has 0 saturated carbocycles. The zero-order valence-corrected chi connectivity index (χ0v) is 13.4. The molecule has 0 saturated heterocycles. The third-order valence-electron chi connectivity index (χ3n) is 3.01. The van der Waals surface area contributed by atoms with Gasteiger partial charge in [0.2, 0.25) is 5.12 Å². The highest BCUT2D eigenvalue weighted by atomic mass is 32.2. The third-order valence-corrected chi connectivity index (χ3v) is 5.03. The first-order valence-electron chi connectivity index (χ1n) is 6.45. The maximum absolute atomic E-state index is 12.3. The molecule has 8 nitrogen and oxygen atoms in total. The molecule has 3 rings (SSSR count). The van der Waals surface area contributed by atoms with Crippen LogP contribution in [-0.2, 0) is 0 Å². The summed E-state index contributed by atoms with van der Waals surface area (Å²) in [4.78, 5) is 36.8. The van der Waals surface area contributed by atoms with Crippen molar-refractivity contribution in [1.29, 1.82) is 0 Å². The van der Waals surface area contributed by atoms with Gasteiger partial charge in [0, 0.05) is 17.7 Å². The van der Waals surface area contributed by atoms with Crippen LogP contribution in [-0.4, -0.2) is 19.9 Å². The number of thiazole rings is 1. The van der Waals surface area contributed by atoms with Gasteiger partial charge in [-0.05, 0) is 23.9 Å². The quantitative estimate of drug-likeness (QED) is 0.391. The van der Waals surface area contributed by atoms with E-state index in [-0.39, 0.29) is 5.56 Å². The second kappa shape index (κ2) is 6.34. The van der Waals surface area contributed by atoms with E-state index in [4.69, 9.17) is 0 Å². The molecule has 0 unspecified atom stereocenters. The van der Waals surface area contributed by atoms with Gasteiger partial charge in [-0.2, -0.15) is 0 Å². The van der Waals surface area contributed by atoms with Gasteiger partial charge in [-0.15, -0.1) is 11.3 Å². The fourth-order valence-corrected chi connectivity index (χ4v) is 3.86. The van der Waals surface area contributed by atoms with E-state index in [1.54, 1.807) is 6.07 Å². The Hall–Kier alpha value is -2.85. The van der Waals surface area contributed by atoms with Crippen LogP contribution < -0.4 is 0 Å². The maximum Gasteiger partial charge on any atom is 0.277 e. The van der Waals surface area contributed by atoms with Crippen LogP contribution in [0.3, 0.4) is 0 Å². The summed E-state index contributed by atoms with van der Waals surface area (Å²) in [5.74, 6) is 0. The van der Waals surface area contributed by atoms with Crippen LogP contribution in [0.25, 0.3) is 10.2 Å². The summed E-state index contributed by atoms with van der Waals surface area (Å²) >= 11 is 2.09. The van der Waals surface area contributed by atoms with E-state index < -0.39 is 26.3 Å². The molecule has 120 valence electrons. The molecule has 0 N–H and O–H groups in total. The monoisotopic (exact) mass is 361 g/mol. The molecule has 0 aliphatic rings. The van der Waals surface area contributed by atoms with Crippen molar-refractivity contribution in [2.24, 2.45) is 0 Å². The Bertz CT molecular complexity index is 920. The highest BCUT2D eigenvalue weighted by molar-refractivity contribution is 8.15. The zero-order valence-electron chi connectivity index (χ0n) is 11.7.